The van der Waals surface area contributed by atoms with Crippen molar-refractivity contribution in [1.29, 1.82) is 0 Å². The summed E-state index contributed by atoms with van der Waals surface area (Å²) in [7, 11) is 0. The van der Waals surface area contributed by atoms with Crippen molar-refractivity contribution >= 4 is 5.65 Å². The van der Waals surface area contributed by atoms with E-state index in [-0.39, 0.29) is 5.92 Å². The van der Waals surface area contributed by atoms with Crippen molar-refractivity contribution in [3.8, 4) is 11.3 Å². The number of nitrogens with zero attached hydrogens (tertiary/aromatic N) is 2. The van der Waals surface area contributed by atoms with Gasteiger partial charge in [0.1, 0.15) is 5.65 Å². The standard InChI is InChI=1S/C18H21N3/c1-12-7-9-15(10-8-12)17-18(13(2)11-19)21-14(3)5-4-6-16(21)20-17/h4-10,13H,11,19H2,1-3H3. The third kappa shape index (κ3) is 2.34. The van der Waals surface area contributed by atoms with E-state index >= 15 is 0 Å². The number of rotatable bonds is 3. The van der Waals surface area contributed by atoms with Gasteiger partial charge in [0.2, 0.25) is 0 Å². The van der Waals surface area contributed by atoms with Crippen LogP contribution in [0.5, 0.6) is 0 Å². The Morgan fingerprint density at radius 1 is 1.10 bits per heavy atom. The van der Waals surface area contributed by atoms with E-state index in [1.54, 1.807) is 0 Å². The lowest BCUT2D eigenvalue weighted by atomic mass is 10.0. The summed E-state index contributed by atoms with van der Waals surface area (Å²) >= 11 is 0. The highest BCUT2D eigenvalue weighted by molar-refractivity contribution is 5.68. The number of pyridine rings is 1. The lowest BCUT2D eigenvalue weighted by Crippen LogP contribution is -2.12. The van der Waals surface area contributed by atoms with Crippen LogP contribution in [0, 0.1) is 13.8 Å². The van der Waals surface area contributed by atoms with Crippen molar-refractivity contribution in [3.05, 3.63) is 59.4 Å². The third-order valence-corrected chi connectivity index (χ3v) is 4.02. The van der Waals surface area contributed by atoms with Crippen molar-refractivity contribution in [2.45, 2.75) is 26.7 Å². The van der Waals surface area contributed by atoms with Crippen molar-refractivity contribution in [1.82, 2.24) is 9.38 Å². The van der Waals surface area contributed by atoms with Crippen molar-refractivity contribution in [2.24, 2.45) is 5.73 Å². The maximum atomic E-state index is 5.93. The van der Waals surface area contributed by atoms with Crippen molar-refractivity contribution < 1.29 is 0 Å². The quantitative estimate of drug-likeness (QED) is 0.794. The smallest absolute Gasteiger partial charge is 0.137 e. The highest BCUT2D eigenvalue weighted by Crippen LogP contribution is 2.30. The Balaban J connectivity index is 2.31. The summed E-state index contributed by atoms with van der Waals surface area (Å²) in [4.78, 5) is 4.85. The molecule has 2 heterocycles. The maximum Gasteiger partial charge on any atom is 0.137 e. The molecule has 0 saturated carbocycles. The zero-order valence-corrected chi connectivity index (χ0v) is 12.8. The molecule has 3 aromatic rings. The van der Waals surface area contributed by atoms with E-state index in [1.807, 2.05) is 6.07 Å². The molecule has 2 aromatic heterocycles. The van der Waals surface area contributed by atoms with E-state index in [1.165, 1.54) is 17.0 Å². The van der Waals surface area contributed by atoms with E-state index in [0.717, 1.165) is 16.9 Å². The number of benzene rings is 1. The van der Waals surface area contributed by atoms with Gasteiger partial charge in [0.25, 0.3) is 0 Å². The molecule has 0 fully saturated rings. The third-order valence-electron chi connectivity index (χ3n) is 4.02. The van der Waals surface area contributed by atoms with Gasteiger partial charge in [0, 0.05) is 23.7 Å². The van der Waals surface area contributed by atoms with Crippen molar-refractivity contribution in [2.75, 3.05) is 6.54 Å². The van der Waals surface area contributed by atoms with Crippen LogP contribution < -0.4 is 5.73 Å². The molecular formula is C18H21N3. The van der Waals surface area contributed by atoms with Crippen LogP contribution in [0.2, 0.25) is 0 Å². The SMILES string of the molecule is Cc1ccc(-c2nc3cccc(C)n3c2C(C)CN)cc1. The molecule has 0 saturated heterocycles. The first-order valence-corrected chi connectivity index (χ1v) is 7.37. The highest BCUT2D eigenvalue weighted by atomic mass is 15.0. The molecule has 3 heteroatoms. The first kappa shape index (κ1) is 13.8. The van der Waals surface area contributed by atoms with Crippen LogP contribution in [0.15, 0.2) is 42.5 Å². The van der Waals surface area contributed by atoms with Gasteiger partial charge >= 0.3 is 0 Å². The molecule has 108 valence electrons. The van der Waals surface area contributed by atoms with E-state index in [4.69, 9.17) is 10.7 Å². The van der Waals surface area contributed by atoms with Gasteiger partial charge in [-0.05, 0) is 26.0 Å². The van der Waals surface area contributed by atoms with Crippen molar-refractivity contribution in [3.63, 3.8) is 0 Å². The average Bonchev–Trinajstić information content (AvgIpc) is 2.88. The van der Waals surface area contributed by atoms with Crippen LogP contribution in [0.25, 0.3) is 16.9 Å². The number of aromatic nitrogens is 2. The Labute approximate surface area is 125 Å². The van der Waals surface area contributed by atoms with E-state index < -0.39 is 0 Å². The topological polar surface area (TPSA) is 43.3 Å². The molecule has 1 aromatic carbocycles. The first-order valence-electron chi connectivity index (χ1n) is 7.37. The molecule has 1 atom stereocenters. The highest BCUT2D eigenvalue weighted by Gasteiger charge is 2.19. The van der Waals surface area contributed by atoms with Crippen LogP contribution in [-0.2, 0) is 0 Å². The van der Waals surface area contributed by atoms with Gasteiger partial charge < -0.3 is 10.1 Å². The molecule has 0 amide bonds. The second-order valence-corrected chi connectivity index (χ2v) is 5.71. The fraction of sp³-hybridized carbons (Fsp3) is 0.278. The molecule has 0 bridgehead atoms. The molecule has 3 rings (SSSR count). The van der Waals surface area contributed by atoms with Gasteiger partial charge in [-0.25, -0.2) is 4.98 Å². The molecule has 0 aliphatic heterocycles. The van der Waals surface area contributed by atoms with Crippen LogP contribution in [0.1, 0.15) is 29.8 Å². The lowest BCUT2D eigenvalue weighted by Gasteiger charge is -2.13. The summed E-state index contributed by atoms with van der Waals surface area (Å²) in [5.74, 6) is 0.261. The summed E-state index contributed by atoms with van der Waals surface area (Å²) in [5.41, 5.74) is 12.8. The summed E-state index contributed by atoms with van der Waals surface area (Å²) in [6.07, 6.45) is 0. The number of imidazole rings is 1. The van der Waals surface area contributed by atoms with Gasteiger partial charge in [-0.3, -0.25) is 0 Å². The minimum absolute atomic E-state index is 0.261. The molecule has 21 heavy (non-hydrogen) atoms. The Kier molecular flexibility index (Phi) is 3.52. The number of hydrogen-bond donors (Lipinski definition) is 1. The zero-order chi connectivity index (χ0) is 15.0. The monoisotopic (exact) mass is 279 g/mol. The lowest BCUT2D eigenvalue weighted by molar-refractivity contribution is 0.733. The van der Waals surface area contributed by atoms with Gasteiger partial charge in [-0.1, -0.05) is 42.8 Å². The van der Waals surface area contributed by atoms with E-state index in [2.05, 4.69) is 61.6 Å². The number of nitrogens with two attached hydrogens (primary N) is 1. The fourth-order valence-electron chi connectivity index (χ4n) is 2.77. The van der Waals surface area contributed by atoms with E-state index in [0.29, 0.717) is 6.54 Å². The Hall–Kier alpha value is -2.13. The van der Waals surface area contributed by atoms with Crippen LogP contribution in [0.3, 0.4) is 0 Å². The molecule has 2 N–H and O–H groups in total. The molecule has 0 spiro atoms. The van der Waals surface area contributed by atoms with E-state index in [9.17, 15) is 0 Å². The van der Waals surface area contributed by atoms with Gasteiger partial charge in [-0.2, -0.15) is 0 Å². The molecule has 3 nitrogen and oxygen atoms in total. The Bertz CT molecular complexity index is 769. The van der Waals surface area contributed by atoms with Crippen LogP contribution in [0.4, 0.5) is 0 Å². The molecule has 1 unspecified atom stereocenters. The number of aryl methyl sites for hydroxylation is 2. The fourth-order valence-corrected chi connectivity index (χ4v) is 2.77. The minimum atomic E-state index is 0.261. The maximum absolute atomic E-state index is 5.93. The van der Waals surface area contributed by atoms with Gasteiger partial charge in [0.15, 0.2) is 0 Å². The Morgan fingerprint density at radius 3 is 2.48 bits per heavy atom. The van der Waals surface area contributed by atoms with Crippen LogP contribution in [-0.4, -0.2) is 15.9 Å². The summed E-state index contributed by atoms with van der Waals surface area (Å²) in [5, 5.41) is 0. The predicted molar refractivity (Wildman–Crippen MR) is 87.6 cm³/mol. The van der Waals surface area contributed by atoms with Gasteiger partial charge in [0.05, 0.1) is 11.4 Å². The second-order valence-electron chi connectivity index (χ2n) is 5.71. The number of fused-ring (bicyclic) bond motifs is 1. The summed E-state index contributed by atoms with van der Waals surface area (Å²) in [6, 6.07) is 14.7. The van der Waals surface area contributed by atoms with Crippen LogP contribution >= 0.6 is 0 Å². The summed E-state index contributed by atoms with van der Waals surface area (Å²) < 4.78 is 2.23. The molecular weight excluding hydrogens is 258 g/mol. The normalized spacial score (nSPS) is 12.8. The first-order chi connectivity index (χ1) is 10.1. The summed E-state index contributed by atoms with van der Waals surface area (Å²) in [6.45, 7) is 6.98. The predicted octanol–water partition coefficient (Wildman–Crippen LogP) is 3.68. The molecule has 0 aliphatic carbocycles. The average molecular weight is 279 g/mol. The number of hydrogen-bond acceptors (Lipinski definition) is 2. The minimum Gasteiger partial charge on any atom is -0.330 e. The molecule has 0 aliphatic rings. The second kappa shape index (κ2) is 5.34. The van der Waals surface area contributed by atoms with Gasteiger partial charge in [-0.15, -0.1) is 0 Å². The largest absolute Gasteiger partial charge is 0.330 e. The zero-order valence-electron chi connectivity index (χ0n) is 12.8. The molecule has 0 radical (unpaired) electrons. The Morgan fingerprint density at radius 2 is 1.81 bits per heavy atom.